The summed E-state index contributed by atoms with van der Waals surface area (Å²) in [6.45, 7) is 1.94. The van der Waals surface area contributed by atoms with Crippen molar-refractivity contribution >= 4 is 0 Å². The molecule has 1 rings (SSSR count). The summed E-state index contributed by atoms with van der Waals surface area (Å²) in [6.07, 6.45) is 1.19. The van der Waals surface area contributed by atoms with Crippen molar-refractivity contribution in [2.75, 3.05) is 6.54 Å². The van der Waals surface area contributed by atoms with Gasteiger partial charge in [-0.1, -0.05) is 18.2 Å². The molecule has 1 aromatic rings. The smallest absolute Gasteiger partial charge is 0.118 e. The van der Waals surface area contributed by atoms with Gasteiger partial charge in [0.05, 0.1) is 5.60 Å². The van der Waals surface area contributed by atoms with Gasteiger partial charge in [-0.2, -0.15) is 0 Å². The molecule has 0 amide bonds. The topological polar surface area (TPSA) is 66.5 Å². The number of aryl methyl sites for hydroxylation is 1. The van der Waals surface area contributed by atoms with Crippen molar-refractivity contribution in [1.29, 1.82) is 0 Å². The second-order valence-electron chi connectivity index (χ2n) is 3.83. The molecule has 0 spiro atoms. The van der Waals surface area contributed by atoms with Gasteiger partial charge < -0.3 is 15.9 Å². The van der Waals surface area contributed by atoms with Crippen LogP contribution in [0.5, 0.6) is 5.75 Å². The van der Waals surface area contributed by atoms with E-state index >= 15 is 0 Å². The number of rotatable bonds is 4. The number of benzene rings is 1. The fourth-order valence-corrected chi connectivity index (χ4v) is 1.23. The van der Waals surface area contributed by atoms with Gasteiger partial charge in [0, 0.05) is 6.54 Å². The van der Waals surface area contributed by atoms with E-state index < -0.39 is 5.60 Å². The molecule has 0 radical (unpaired) electrons. The average Bonchev–Trinajstić information content (AvgIpc) is 2.17. The highest BCUT2D eigenvalue weighted by Gasteiger charge is 2.17. The number of phenols is 1. The molecule has 14 heavy (non-hydrogen) atoms. The predicted octanol–water partition coefficient (Wildman–Crippen LogP) is 1.03. The van der Waals surface area contributed by atoms with E-state index in [4.69, 9.17) is 5.73 Å². The Morgan fingerprint density at radius 3 is 2.57 bits per heavy atom. The molecule has 0 aliphatic heterocycles. The molecule has 0 heterocycles. The van der Waals surface area contributed by atoms with Gasteiger partial charge in [0.15, 0.2) is 0 Å². The van der Waals surface area contributed by atoms with Crippen molar-refractivity contribution in [3.8, 4) is 5.75 Å². The van der Waals surface area contributed by atoms with Crippen molar-refractivity contribution in [3.05, 3.63) is 29.8 Å². The van der Waals surface area contributed by atoms with Gasteiger partial charge >= 0.3 is 0 Å². The van der Waals surface area contributed by atoms with Crippen LogP contribution < -0.4 is 5.73 Å². The molecule has 0 aliphatic rings. The zero-order valence-corrected chi connectivity index (χ0v) is 8.40. The number of aliphatic hydroxyl groups is 1. The monoisotopic (exact) mass is 195 g/mol. The molecule has 3 nitrogen and oxygen atoms in total. The quantitative estimate of drug-likeness (QED) is 0.672. The zero-order chi connectivity index (χ0) is 10.6. The summed E-state index contributed by atoms with van der Waals surface area (Å²) in [5.74, 6) is 0.278. The van der Waals surface area contributed by atoms with Crippen LogP contribution in [0.4, 0.5) is 0 Å². The SMILES string of the molecule is CC(O)(CN)CCc1ccccc1O. The van der Waals surface area contributed by atoms with Crippen LogP contribution in [0.25, 0.3) is 0 Å². The summed E-state index contributed by atoms with van der Waals surface area (Å²) >= 11 is 0. The van der Waals surface area contributed by atoms with Crippen LogP contribution >= 0.6 is 0 Å². The van der Waals surface area contributed by atoms with E-state index in [2.05, 4.69) is 0 Å². The van der Waals surface area contributed by atoms with E-state index in [1.165, 1.54) is 0 Å². The second kappa shape index (κ2) is 4.44. The maximum absolute atomic E-state index is 9.67. The maximum atomic E-state index is 9.67. The van der Waals surface area contributed by atoms with Gasteiger partial charge in [0.2, 0.25) is 0 Å². The van der Waals surface area contributed by atoms with E-state index in [-0.39, 0.29) is 12.3 Å². The highest BCUT2D eigenvalue weighted by Crippen LogP contribution is 2.20. The molecule has 1 unspecified atom stereocenters. The fourth-order valence-electron chi connectivity index (χ4n) is 1.23. The second-order valence-corrected chi connectivity index (χ2v) is 3.83. The first kappa shape index (κ1) is 11.0. The molecule has 0 aromatic heterocycles. The van der Waals surface area contributed by atoms with Crippen molar-refractivity contribution in [3.63, 3.8) is 0 Å². The van der Waals surface area contributed by atoms with Crippen molar-refractivity contribution in [2.24, 2.45) is 5.73 Å². The van der Waals surface area contributed by atoms with E-state index in [1.807, 2.05) is 12.1 Å². The average molecular weight is 195 g/mol. The number of para-hydroxylation sites is 1. The lowest BCUT2D eigenvalue weighted by Crippen LogP contribution is -2.34. The molecular weight excluding hydrogens is 178 g/mol. The summed E-state index contributed by atoms with van der Waals surface area (Å²) < 4.78 is 0. The molecule has 0 saturated heterocycles. The van der Waals surface area contributed by atoms with Crippen LogP contribution in [0, 0.1) is 0 Å². The molecule has 0 fully saturated rings. The molecule has 0 bridgehead atoms. The number of aromatic hydroxyl groups is 1. The lowest BCUT2D eigenvalue weighted by molar-refractivity contribution is 0.0602. The van der Waals surface area contributed by atoms with Gasteiger partial charge in [0.25, 0.3) is 0 Å². The summed E-state index contributed by atoms with van der Waals surface area (Å²) in [7, 11) is 0. The van der Waals surface area contributed by atoms with Crippen molar-refractivity contribution < 1.29 is 10.2 Å². The number of hydrogen-bond donors (Lipinski definition) is 3. The molecule has 78 valence electrons. The Labute approximate surface area is 84.2 Å². The number of nitrogens with two attached hydrogens (primary N) is 1. The Bertz CT molecular complexity index is 297. The van der Waals surface area contributed by atoms with E-state index in [9.17, 15) is 10.2 Å². The van der Waals surface area contributed by atoms with Crippen LogP contribution in [0.1, 0.15) is 18.9 Å². The lowest BCUT2D eigenvalue weighted by atomic mass is 9.97. The Morgan fingerprint density at radius 2 is 2.00 bits per heavy atom. The third-order valence-electron chi connectivity index (χ3n) is 2.36. The number of hydrogen-bond acceptors (Lipinski definition) is 3. The Kier molecular flexibility index (Phi) is 3.49. The van der Waals surface area contributed by atoms with E-state index in [1.54, 1.807) is 19.1 Å². The summed E-state index contributed by atoms with van der Waals surface area (Å²) in [6, 6.07) is 7.14. The molecule has 1 aromatic carbocycles. The molecule has 3 heteroatoms. The van der Waals surface area contributed by atoms with Crippen molar-refractivity contribution in [2.45, 2.75) is 25.4 Å². The maximum Gasteiger partial charge on any atom is 0.118 e. The van der Waals surface area contributed by atoms with Crippen LogP contribution in [0.15, 0.2) is 24.3 Å². The van der Waals surface area contributed by atoms with Crippen LogP contribution in [0.3, 0.4) is 0 Å². The lowest BCUT2D eigenvalue weighted by Gasteiger charge is -2.20. The summed E-state index contributed by atoms with van der Waals surface area (Å²) in [4.78, 5) is 0. The van der Waals surface area contributed by atoms with Crippen LogP contribution in [-0.4, -0.2) is 22.4 Å². The normalized spacial score (nSPS) is 15.1. The highest BCUT2D eigenvalue weighted by atomic mass is 16.3. The molecule has 0 aliphatic carbocycles. The summed E-state index contributed by atoms with van der Waals surface area (Å²) in [5.41, 5.74) is 5.40. The number of phenolic OH excluding ortho intramolecular Hbond substituents is 1. The zero-order valence-electron chi connectivity index (χ0n) is 8.40. The van der Waals surface area contributed by atoms with Gasteiger partial charge in [-0.05, 0) is 31.4 Å². The first-order chi connectivity index (χ1) is 6.55. The van der Waals surface area contributed by atoms with Gasteiger partial charge in [-0.15, -0.1) is 0 Å². The molecular formula is C11H17NO2. The first-order valence-corrected chi connectivity index (χ1v) is 4.74. The molecule has 4 N–H and O–H groups in total. The third-order valence-corrected chi connectivity index (χ3v) is 2.36. The van der Waals surface area contributed by atoms with Gasteiger partial charge in [-0.25, -0.2) is 0 Å². The van der Waals surface area contributed by atoms with Crippen LogP contribution in [-0.2, 0) is 6.42 Å². The standard InChI is InChI=1S/C11H17NO2/c1-11(14,8-12)7-6-9-4-2-3-5-10(9)13/h2-5,13-14H,6-8,12H2,1H3. The molecule has 0 saturated carbocycles. The Morgan fingerprint density at radius 1 is 1.36 bits per heavy atom. The van der Waals surface area contributed by atoms with Crippen LogP contribution in [0.2, 0.25) is 0 Å². The minimum Gasteiger partial charge on any atom is -0.508 e. The minimum absolute atomic E-state index is 0.237. The Hall–Kier alpha value is -1.06. The predicted molar refractivity (Wildman–Crippen MR) is 56.1 cm³/mol. The van der Waals surface area contributed by atoms with E-state index in [0.29, 0.717) is 12.8 Å². The largest absolute Gasteiger partial charge is 0.508 e. The van der Waals surface area contributed by atoms with Gasteiger partial charge in [-0.3, -0.25) is 0 Å². The summed E-state index contributed by atoms with van der Waals surface area (Å²) in [5, 5.41) is 19.1. The molecule has 1 atom stereocenters. The van der Waals surface area contributed by atoms with E-state index in [0.717, 1.165) is 5.56 Å². The van der Waals surface area contributed by atoms with Crippen molar-refractivity contribution in [1.82, 2.24) is 0 Å². The fraction of sp³-hybridized carbons (Fsp3) is 0.455. The Balaban J connectivity index is 2.58. The van der Waals surface area contributed by atoms with Gasteiger partial charge in [0.1, 0.15) is 5.75 Å². The highest BCUT2D eigenvalue weighted by molar-refractivity contribution is 5.31. The first-order valence-electron chi connectivity index (χ1n) is 4.74. The third kappa shape index (κ3) is 3.01. The minimum atomic E-state index is -0.845.